The van der Waals surface area contributed by atoms with Gasteiger partial charge in [0.05, 0.1) is 0 Å². The lowest BCUT2D eigenvalue weighted by Gasteiger charge is -2.18. The number of hydrogen-bond acceptors (Lipinski definition) is 6. The van der Waals surface area contributed by atoms with Gasteiger partial charge in [0, 0.05) is 19.3 Å². The highest BCUT2D eigenvalue weighted by atomic mass is 16.6. The van der Waals surface area contributed by atoms with E-state index < -0.39 is 6.10 Å². The van der Waals surface area contributed by atoms with Crippen LogP contribution in [0.1, 0.15) is 303 Å². The molecule has 0 saturated carbocycles. The van der Waals surface area contributed by atoms with Gasteiger partial charge in [0.2, 0.25) is 0 Å². The Balaban J connectivity index is 4.38. The van der Waals surface area contributed by atoms with Crippen molar-refractivity contribution in [3.05, 3.63) is 60.8 Å². The molecule has 0 aromatic heterocycles. The van der Waals surface area contributed by atoms with Crippen molar-refractivity contribution < 1.29 is 28.6 Å². The zero-order valence-corrected chi connectivity index (χ0v) is 45.8. The fraction of sp³-hybridized carbons (Fsp3) is 0.794. The molecule has 1 atom stereocenters. The molecular weight excluding hydrogens is 853 g/mol. The van der Waals surface area contributed by atoms with Gasteiger partial charge in [-0.25, -0.2) is 0 Å². The van der Waals surface area contributed by atoms with Crippen LogP contribution in [-0.4, -0.2) is 37.2 Å². The van der Waals surface area contributed by atoms with Crippen LogP contribution >= 0.6 is 0 Å². The van der Waals surface area contributed by atoms with E-state index in [0.29, 0.717) is 19.3 Å². The average Bonchev–Trinajstić information content (AvgIpc) is 3.35. The normalized spacial score (nSPS) is 12.4. The van der Waals surface area contributed by atoms with Gasteiger partial charge in [-0.15, -0.1) is 0 Å². The third-order valence-electron chi connectivity index (χ3n) is 13.0. The molecule has 6 nitrogen and oxygen atoms in total. The van der Waals surface area contributed by atoms with Crippen LogP contribution in [0.4, 0.5) is 0 Å². The molecule has 0 aromatic rings. The molecule has 6 heteroatoms. The van der Waals surface area contributed by atoms with Crippen molar-refractivity contribution in [3.8, 4) is 0 Å². The number of unbranched alkanes of at least 4 members (excludes halogenated alkanes) is 33. The van der Waals surface area contributed by atoms with E-state index in [4.69, 9.17) is 14.2 Å². The molecule has 0 rings (SSSR count). The van der Waals surface area contributed by atoms with Gasteiger partial charge >= 0.3 is 17.9 Å². The Morgan fingerprint density at radius 3 is 0.884 bits per heavy atom. The maximum atomic E-state index is 12.9. The number of ether oxygens (including phenoxy) is 3. The third-order valence-corrected chi connectivity index (χ3v) is 13.0. The number of allylic oxidation sites excluding steroid dienone is 10. The van der Waals surface area contributed by atoms with Gasteiger partial charge in [-0.3, -0.25) is 14.4 Å². The minimum absolute atomic E-state index is 0.0806. The van der Waals surface area contributed by atoms with Gasteiger partial charge in [-0.1, -0.05) is 281 Å². The van der Waals surface area contributed by atoms with Crippen molar-refractivity contribution in [1.82, 2.24) is 0 Å². The molecule has 0 N–H and O–H groups in total. The molecule has 0 fully saturated rings. The molecule has 0 spiro atoms. The lowest BCUT2D eigenvalue weighted by atomic mass is 10.0. The first-order valence-corrected chi connectivity index (χ1v) is 29.8. The van der Waals surface area contributed by atoms with E-state index in [-0.39, 0.29) is 31.1 Å². The van der Waals surface area contributed by atoms with Crippen LogP contribution in [0.25, 0.3) is 0 Å². The Bertz CT molecular complexity index is 1250. The zero-order chi connectivity index (χ0) is 50.0. The quantitative estimate of drug-likeness (QED) is 0.0262. The van der Waals surface area contributed by atoms with Crippen LogP contribution in [0.3, 0.4) is 0 Å². The summed E-state index contributed by atoms with van der Waals surface area (Å²) in [5.74, 6) is -0.898. The number of esters is 3. The van der Waals surface area contributed by atoms with Crippen molar-refractivity contribution in [2.45, 2.75) is 309 Å². The van der Waals surface area contributed by atoms with Gasteiger partial charge in [-0.2, -0.15) is 0 Å². The summed E-state index contributed by atoms with van der Waals surface area (Å²) >= 11 is 0. The predicted molar refractivity (Wildman–Crippen MR) is 298 cm³/mol. The highest BCUT2D eigenvalue weighted by Gasteiger charge is 2.19. The van der Waals surface area contributed by atoms with Crippen LogP contribution in [0, 0.1) is 0 Å². The Hall–Kier alpha value is -2.89. The first-order valence-electron chi connectivity index (χ1n) is 29.8. The second-order valence-corrected chi connectivity index (χ2v) is 19.9. The first kappa shape index (κ1) is 66.1. The van der Waals surface area contributed by atoms with E-state index in [2.05, 4.69) is 81.5 Å². The van der Waals surface area contributed by atoms with Gasteiger partial charge in [0.15, 0.2) is 6.10 Å². The summed E-state index contributed by atoms with van der Waals surface area (Å²) in [4.78, 5) is 38.2. The van der Waals surface area contributed by atoms with Crippen molar-refractivity contribution in [1.29, 1.82) is 0 Å². The number of hydrogen-bond donors (Lipinski definition) is 0. The van der Waals surface area contributed by atoms with E-state index in [0.717, 1.165) is 96.3 Å². The molecule has 400 valence electrons. The Labute approximate surface area is 428 Å². The molecule has 0 aliphatic heterocycles. The standard InChI is InChI=1S/C63H112O6/c1-4-7-10-13-16-19-22-25-27-29-31-33-35-38-41-44-47-50-53-56-62(65)68-59-60(58-67-61(64)55-52-49-46-43-40-37-24-21-18-15-12-9-6-3)69-63(66)57-54-51-48-45-42-39-36-34-32-30-28-26-23-20-17-14-11-8-5-2/h7,10,16,19,25,27,31,33,38,41,60H,4-6,8-9,11-15,17-18,20-24,26,28-30,32,34-37,39-40,42-59H2,1-3H3/b10-7-,19-16-,27-25-,33-31-,41-38-/t60-/m0/s1. The predicted octanol–water partition coefficient (Wildman–Crippen LogP) is 20.0. The van der Waals surface area contributed by atoms with Crippen molar-refractivity contribution in [2.24, 2.45) is 0 Å². The van der Waals surface area contributed by atoms with Gasteiger partial charge in [0.1, 0.15) is 13.2 Å². The number of carbonyl (C=O) groups is 3. The second-order valence-electron chi connectivity index (χ2n) is 19.9. The summed E-state index contributed by atoms with van der Waals surface area (Å²) in [6, 6.07) is 0. The number of carbonyl (C=O) groups excluding carboxylic acids is 3. The van der Waals surface area contributed by atoms with E-state index in [1.165, 1.54) is 167 Å². The maximum absolute atomic E-state index is 12.9. The third kappa shape index (κ3) is 55.9. The molecule has 0 bridgehead atoms. The first-order chi connectivity index (χ1) is 34.0. The monoisotopic (exact) mass is 965 g/mol. The number of rotatable bonds is 54. The van der Waals surface area contributed by atoms with Crippen LogP contribution in [-0.2, 0) is 28.6 Å². The molecule has 0 heterocycles. The van der Waals surface area contributed by atoms with E-state index in [1.807, 2.05) is 0 Å². The summed E-state index contributed by atoms with van der Waals surface area (Å²) in [6.45, 7) is 6.54. The van der Waals surface area contributed by atoms with Crippen LogP contribution in [0.15, 0.2) is 60.8 Å². The minimum atomic E-state index is -0.785. The molecule has 69 heavy (non-hydrogen) atoms. The van der Waals surface area contributed by atoms with Gasteiger partial charge in [-0.05, 0) is 64.2 Å². The molecule has 0 aliphatic carbocycles. The highest BCUT2D eigenvalue weighted by molar-refractivity contribution is 5.71. The van der Waals surface area contributed by atoms with Crippen LogP contribution in [0.5, 0.6) is 0 Å². The fourth-order valence-electron chi connectivity index (χ4n) is 8.59. The van der Waals surface area contributed by atoms with E-state index in [1.54, 1.807) is 0 Å². The van der Waals surface area contributed by atoms with Crippen LogP contribution in [0.2, 0.25) is 0 Å². The second kappa shape index (κ2) is 57.7. The summed E-state index contributed by atoms with van der Waals surface area (Å²) in [5.41, 5.74) is 0. The lowest BCUT2D eigenvalue weighted by molar-refractivity contribution is -0.167. The summed E-state index contributed by atoms with van der Waals surface area (Å²) in [5, 5.41) is 0. The molecule has 0 aromatic carbocycles. The lowest BCUT2D eigenvalue weighted by Crippen LogP contribution is -2.30. The molecular formula is C63H112O6. The maximum Gasteiger partial charge on any atom is 0.306 e. The van der Waals surface area contributed by atoms with E-state index >= 15 is 0 Å². The van der Waals surface area contributed by atoms with Crippen LogP contribution < -0.4 is 0 Å². The highest BCUT2D eigenvalue weighted by Crippen LogP contribution is 2.17. The average molecular weight is 966 g/mol. The summed E-state index contributed by atoms with van der Waals surface area (Å²) < 4.78 is 16.9. The SMILES string of the molecule is CC/C=C\C/C=C\C/C=C\C/C=C\C/C=C\CCCCCC(=O)OC[C@H](COC(=O)CCCCCCCCCCCCCCC)OC(=O)CCCCCCCCCCCCCCCCCCCCC. The van der Waals surface area contributed by atoms with Crippen molar-refractivity contribution in [2.75, 3.05) is 13.2 Å². The minimum Gasteiger partial charge on any atom is -0.462 e. The zero-order valence-electron chi connectivity index (χ0n) is 45.8. The molecule has 0 radical (unpaired) electrons. The fourth-order valence-corrected chi connectivity index (χ4v) is 8.59. The Morgan fingerprint density at radius 2 is 0.565 bits per heavy atom. The topological polar surface area (TPSA) is 78.9 Å². The Morgan fingerprint density at radius 1 is 0.304 bits per heavy atom. The molecule has 0 saturated heterocycles. The van der Waals surface area contributed by atoms with Gasteiger partial charge in [0.25, 0.3) is 0 Å². The van der Waals surface area contributed by atoms with Crippen molar-refractivity contribution in [3.63, 3.8) is 0 Å². The molecule has 0 aliphatic rings. The summed E-state index contributed by atoms with van der Waals surface area (Å²) in [6.07, 6.45) is 72.1. The molecule has 0 amide bonds. The largest absolute Gasteiger partial charge is 0.462 e. The van der Waals surface area contributed by atoms with Crippen molar-refractivity contribution >= 4 is 17.9 Å². The van der Waals surface area contributed by atoms with E-state index in [9.17, 15) is 14.4 Å². The Kier molecular flexibility index (Phi) is 55.3. The molecule has 0 unspecified atom stereocenters. The summed E-state index contributed by atoms with van der Waals surface area (Å²) in [7, 11) is 0. The smallest absolute Gasteiger partial charge is 0.306 e. The van der Waals surface area contributed by atoms with Gasteiger partial charge < -0.3 is 14.2 Å².